The molecule has 6 amide bonds. The lowest BCUT2D eigenvalue weighted by Crippen LogP contribution is -2.58. The topological polar surface area (TPSA) is 215 Å². The van der Waals surface area contributed by atoms with E-state index < -0.39 is 83.8 Å². The van der Waals surface area contributed by atoms with Gasteiger partial charge in [-0.3, -0.25) is 28.8 Å². The van der Waals surface area contributed by atoms with Crippen LogP contribution < -0.4 is 27.0 Å². The van der Waals surface area contributed by atoms with Gasteiger partial charge in [0.05, 0.1) is 30.9 Å². The minimum atomic E-state index is -1.25. The van der Waals surface area contributed by atoms with E-state index in [9.17, 15) is 33.6 Å². The predicted octanol–water partition coefficient (Wildman–Crippen LogP) is 2.81. The maximum absolute atomic E-state index is 14.4. The van der Waals surface area contributed by atoms with Gasteiger partial charge in [0.15, 0.2) is 0 Å². The van der Waals surface area contributed by atoms with Crippen molar-refractivity contribution >= 4 is 41.4 Å². The van der Waals surface area contributed by atoms with Crippen LogP contribution in [0.1, 0.15) is 111 Å². The van der Waals surface area contributed by atoms with Crippen molar-refractivity contribution in [3.8, 4) is 0 Å². The number of unbranched alkanes of at least 4 members (excludes halogenated alkanes) is 1. The number of ether oxygens (including phenoxy) is 2. The average molecular weight is 757 g/mol. The third-order valence-corrected chi connectivity index (χ3v) is 9.41. The fourth-order valence-electron chi connectivity index (χ4n) is 6.84. The second kappa shape index (κ2) is 20.8. The summed E-state index contributed by atoms with van der Waals surface area (Å²) in [6.45, 7) is 11.0. The Hall–Kier alpha value is -4.53. The number of nitrogens with two attached hydrogens (primary N) is 1. The van der Waals surface area contributed by atoms with E-state index in [0.29, 0.717) is 18.4 Å². The number of nitrogens with one attached hydrogen (secondary N) is 4. The molecule has 1 aromatic carbocycles. The molecule has 54 heavy (non-hydrogen) atoms. The van der Waals surface area contributed by atoms with E-state index in [1.54, 1.807) is 30.3 Å². The summed E-state index contributed by atoms with van der Waals surface area (Å²) in [6.07, 6.45) is 4.49. The SMILES string of the molecule is CCCCC(NC(=O)[C@@H]1C[C@@H](OC(C)(C)C)CN1C(=O)[C@@H](NC(=O)OCC(C)C)C1CCCCC1)C(=O)C(=O)NCC(=O)N[C@H](C(N)=O)c1ccccc1. The Balaban J connectivity index is 1.78. The van der Waals surface area contributed by atoms with E-state index >= 15 is 0 Å². The fraction of sp³-hybridized carbons (Fsp3) is 0.667. The van der Waals surface area contributed by atoms with Gasteiger partial charge >= 0.3 is 6.09 Å². The lowest BCUT2D eigenvalue weighted by molar-refractivity contribution is -0.143. The lowest BCUT2D eigenvalue weighted by atomic mass is 9.83. The Labute approximate surface area is 318 Å². The minimum absolute atomic E-state index is 0.0819. The normalized spacial score (nSPS) is 19.3. The minimum Gasteiger partial charge on any atom is -0.449 e. The van der Waals surface area contributed by atoms with Crippen molar-refractivity contribution in [2.75, 3.05) is 19.7 Å². The Morgan fingerprint density at radius 3 is 2.20 bits per heavy atom. The molecule has 0 aromatic heterocycles. The van der Waals surface area contributed by atoms with Crippen LogP contribution in [0.15, 0.2) is 30.3 Å². The first-order valence-corrected chi connectivity index (χ1v) is 19.2. The molecule has 2 fully saturated rings. The van der Waals surface area contributed by atoms with E-state index in [2.05, 4.69) is 21.3 Å². The van der Waals surface area contributed by atoms with Gasteiger partial charge in [-0.1, -0.05) is 83.2 Å². The zero-order valence-electron chi connectivity index (χ0n) is 32.6. The second-order valence-corrected chi connectivity index (χ2v) is 15.7. The highest BCUT2D eigenvalue weighted by Gasteiger charge is 2.46. The molecule has 15 nitrogen and oxygen atoms in total. The number of hydrogen-bond acceptors (Lipinski definition) is 9. The number of alkyl carbamates (subject to hydrolysis) is 1. The number of likely N-dealkylation sites (tertiary alicyclic amines) is 1. The number of hydrogen-bond donors (Lipinski definition) is 5. The van der Waals surface area contributed by atoms with E-state index in [0.717, 1.165) is 32.1 Å². The molecule has 0 bridgehead atoms. The van der Waals surface area contributed by atoms with E-state index in [-0.39, 0.29) is 37.8 Å². The zero-order chi connectivity index (χ0) is 40.0. The van der Waals surface area contributed by atoms with E-state index in [1.807, 2.05) is 41.5 Å². The lowest BCUT2D eigenvalue weighted by Gasteiger charge is -2.34. The summed E-state index contributed by atoms with van der Waals surface area (Å²) in [5, 5.41) is 10.3. The molecule has 2 aliphatic rings. The van der Waals surface area contributed by atoms with Crippen LogP contribution in [0, 0.1) is 11.8 Å². The van der Waals surface area contributed by atoms with Crippen LogP contribution in [0.2, 0.25) is 0 Å². The van der Waals surface area contributed by atoms with Crippen LogP contribution in [0.25, 0.3) is 0 Å². The van der Waals surface area contributed by atoms with Gasteiger partial charge in [-0.05, 0) is 57.4 Å². The number of amides is 6. The zero-order valence-corrected chi connectivity index (χ0v) is 32.6. The molecular weight excluding hydrogens is 696 g/mol. The van der Waals surface area contributed by atoms with Crippen LogP contribution in [0.3, 0.4) is 0 Å². The maximum Gasteiger partial charge on any atom is 0.407 e. The Morgan fingerprint density at radius 1 is 0.944 bits per heavy atom. The van der Waals surface area contributed by atoms with Crippen molar-refractivity contribution in [2.45, 2.75) is 135 Å². The molecule has 1 saturated carbocycles. The smallest absolute Gasteiger partial charge is 0.407 e. The van der Waals surface area contributed by atoms with Crippen LogP contribution in [-0.4, -0.2) is 95.8 Å². The summed E-state index contributed by atoms with van der Waals surface area (Å²) in [4.78, 5) is 94.1. The first kappa shape index (κ1) is 43.9. The fourth-order valence-corrected chi connectivity index (χ4v) is 6.84. The quantitative estimate of drug-likeness (QED) is 0.139. The first-order chi connectivity index (χ1) is 25.5. The van der Waals surface area contributed by atoms with Gasteiger partial charge in [0.1, 0.15) is 18.1 Å². The molecule has 1 saturated heterocycles. The highest BCUT2D eigenvalue weighted by molar-refractivity contribution is 6.38. The van der Waals surface area contributed by atoms with Crippen molar-refractivity contribution < 1.29 is 43.0 Å². The summed E-state index contributed by atoms with van der Waals surface area (Å²) >= 11 is 0. The summed E-state index contributed by atoms with van der Waals surface area (Å²) in [7, 11) is 0. The van der Waals surface area contributed by atoms with Crippen molar-refractivity contribution in [3.63, 3.8) is 0 Å². The van der Waals surface area contributed by atoms with Gasteiger partial charge in [0, 0.05) is 13.0 Å². The Morgan fingerprint density at radius 2 is 1.61 bits per heavy atom. The molecule has 1 unspecified atom stereocenters. The molecule has 1 aliphatic heterocycles. The number of Topliss-reactive ketones (excluding diaryl/α,β-unsaturated/α-hetero) is 1. The molecule has 6 N–H and O–H groups in total. The second-order valence-electron chi connectivity index (χ2n) is 15.7. The van der Waals surface area contributed by atoms with Gasteiger partial charge < -0.3 is 41.4 Å². The first-order valence-electron chi connectivity index (χ1n) is 19.2. The monoisotopic (exact) mass is 756 g/mol. The predicted molar refractivity (Wildman–Crippen MR) is 200 cm³/mol. The molecule has 15 heteroatoms. The van der Waals surface area contributed by atoms with Crippen molar-refractivity contribution in [3.05, 3.63) is 35.9 Å². The number of carbonyl (C=O) groups excluding carboxylic acids is 7. The van der Waals surface area contributed by atoms with Crippen molar-refractivity contribution in [1.29, 1.82) is 0 Å². The molecule has 0 spiro atoms. The summed E-state index contributed by atoms with van der Waals surface area (Å²) in [5.41, 5.74) is 5.34. The average Bonchev–Trinajstić information content (AvgIpc) is 3.55. The standard InChI is InChI=1S/C39H60N6O9/c1-7-8-19-28(33(47)36(50)41-21-30(46)43-31(34(40)48)25-15-11-9-12-16-25)42-35(49)29-20-27(54-39(4,5)6)22-45(29)37(51)32(26-17-13-10-14-18-26)44-38(52)53-23-24(2)3/h9,11-12,15-16,24,26-29,31-32H,7-8,10,13-14,17-23H2,1-6H3,(H2,40,48)(H,41,50)(H,42,49)(H,43,46)(H,44,52)/t27-,28?,29+,31+,32+/m1/s1. The summed E-state index contributed by atoms with van der Waals surface area (Å²) in [6, 6.07) is 3.94. The van der Waals surface area contributed by atoms with Crippen LogP contribution >= 0.6 is 0 Å². The summed E-state index contributed by atoms with van der Waals surface area (Å²) < 4.78 is 11.6. The number of nitrogens with zero attached hydrogens (tertiary/aromatic N) is 1. The molecule has 3 rings (SSSR count). The number of benzene rings is 1. The van der Waals surface area contributed by atoms with E-state index in [1.165, 1.54) is 4.90 Å². The van der Waals surface area contributed by atoms with Gasteiger partial charge in [0.2, 0.25) is 29.4 Å². The van der Waals surface area contributed by atoms with Gasteiger partial charge in [-0.15, -0.1) is 0 Å². The molecule has 5 atom stereocenters. The van der Waals surface area contributed by atoms with Crippen molar-refractivity contribution in [1.82, 2.24) is 26.2 Å². The number of primary amides is 1. The number of ketones is 1. The van der Waals surface area contributed by atoms with Gasteiger partial charge in [-0.2, -0.15) is 0 Å². The third kappa shape index (κ3) is 13.7. The van der Waals surface area contributed by atoms with Crippen LogP contribution in [0.4, 0.5) is 4.79 Å². The van der Waals surface area contributed by atoms with Crippen LogP contribution in [-0.2, 0) is 38.2 Å². The third-order valence-electron chi connectivity index (χ3n) is 9.41. The van der Waals surface area contributed by atoms with Crippen molar-refractivity contribution in [2.24, 2.45) is 17.6 Å². The largest absolute Gasteiger partial charge is 0.449 e. The molecular formula is C39H60N6O9. The number of rotatable bonds is 18. The van der Waals surface area contributed by atoms with Crippen LogP contribution in [0.5, 0.6) is 0 Å². The molecule has 300 valence electrons. The molecule has 1 heterocycles. The highest BCUT2D eigenvalue weighted by atomic mass is 16.5. The molecule has 1 aromatic rings. The van der Waals surface area contributed by atoms with Gasteiger partial charge in [-0.25, -0.2) is 4.79 Å². The maximum atomic E-state index is 14.4. The Kier molecular flexibility index (Phi) is 16.9. The highest BCUT2D eigenvalue weighted by Crippen LogP contribution is 2.31. The van der Waals surface area contributed by atoms with Gasteiger partial charge in [0.25, 0.3) is 5.91 Å². The van der Waals surface area contributed by atoms with E-state index in [4.69, 9.17) is 15.2 Å². The number of carbonyl (C=O) groups is 7. The summed E-state index contributed by atoms with van der Waals surface area (Å²) in [5.74, 6) is -4.76. The molecule has 0 radical (unpaired) electrons. The Bertz CT molecular complexity index is 1460. The molecule has 1 aliphatic carbocycles.